The smallest absolute Gasteiger partial charge is 0.294 e. The Bertz CT molecular complexity index is 1300. The normalized spacial score (nSPS) is 15.6. The lowest BCUT2D eigenvalue weighted by Crippen LogP contribution is -2.31. The standard InChI is InChI=1S/C28H26ClNO5/c1-3-35-24-15-19(11-14-22(24)31)26-25(23(32)13-10-18-7-5-4-6-8-18)27(33)28(34)30(26)21-16-20(29)12-9-17(21)2/h4-9,11-12,14-16,26,31,33H,3,10,13H2,1-2H3. The first-order valence-electron chi connectivity index (χ1n) is 11.4. The average molecular weight is 492 g/mol. The van der Waals surface area contributed by atoms with Gasteiger partial charge in [-0.3, -0.25) is 14.5 Å². The third-order valence-corrected chi connectivity index (χ3v) is 6.26. The Labute approximate surface area is 209 Å². The van der Waals surface area contributed by atoms with Crippen molar-refractivity contribution in [3.8, 4) is 11.5 Å². The lowest BCUT2D eigenvalue weighted by molar-refractivity contribution is -0.118. The van der Waals surface area contributed by atoms with Crippen molar-refractivity contribution in [2.45, 2.75) is 32.7 Å². The van der Waals surface area contributed by atoms with E-state index in [2.05, 4.69) is 0 Å². The summed E-state index contributed by atoms with van der Waals surface area (Å²) >= 11 is 6.24. The molecule has 35 heavy (non-hydrogen) atoms. The zero-order valence-electron chi connectivity index (χ0n) is 19.5. The van der Waals surface area contributed by atoms with E-state index in [1.165, 1.54) is 11.0 Å². The molecule has 0 saturated heterocycles. The van der Waals surface area contributed by atoms with Crippen molar-refractivity contribution in [1.82, 2.24) is 0 Å². The van der Waals surface area contributed by atoms with Crippen LogP contribution in [-0.2, 0) is 16.0 Å². The molecular formula is C28H26ClNO5. The Balaban J connectivity index is 1.80. The van der Waals surface area contributed by atoms with Gasteiger partial charge >= 0.3 is 0 Å². The lowest BCUT2D eigenvalue weighted by Gasteiger charge is -2.28. The quantitative estimate of drug-likeness (QED) is 0.412. The summed E-state index contributed by atoms with van der Waals surface area (Å²) in [5.74, 6) is -1.44. The monoisotopic (exact) mass is 491 g/mol. The number of halogens is 1. The number of rotatable bonds is 8. The number of anilines is 1. The summed E-state index contributed by atoms with van der Waals surface area (Å²) in [7, 11) is 0. The summed E-state index contributed by atoms with van der Waals surface area (Å²) in [6.07, 6.45) is 0.583. The van der Waals surface area contributed by atoms with Crippen LogP contribution in [0.25, 0.3) is 0 Å². The van der Waals surface area contributed by atoms with E-state index in [1.54, 1.807) is 37.3 Å². The minimum atomic E-state index is -0.914. The summed E-state index contributed by atoms with van der Waals surface area (Å²) in [6.45, 7) is 3.93. The van der Waals surface area contributed by atoms with Crippen molar-refractivity contribution in [1.29, 1.82) is 0 Å². The van der Waals surface area contributed by atoms with Crippen molar-refractivity contribution in [2.24, 2.45) is 0 Å². The van der Waals surface area contributed by atoms with Crippen LogP contribution in [0.3, 0.4) is 0 Å². The highest BCUT2D eigenvalue weighted by molar-refractivity contribution is 6.31. The Morgan fingerprint density at radius 1 is 1.06 bits per heavy atom. The molecule has 4 rings (SSSR count). The Kier molecular flexibility index (Phi) is 7.12. The van der Waals surface area contributed by atoms with Gasteiger partial charge < -0.3 is 14.9 Å². The van der Waals surface area contributed by atoms with E-state index in [-0.39, 0.29) is 29.3 Å². The predicted molar refractivity (Wildman–Crippen MR) is 135 cm³/mol. The van der Waals surface area contributed by atoms with Crippen molar-refractivity contribution < 1.29 is 24.5 Å². The van der Waals surface area contributed by atoms with Gasteiger partial charge in [0.1, 0.15) is 0 Å². The number of ether oxygens (including phenoxy) is 1. The summed E-state index contributed by atoms with van der Waals surface area (Å²) < 4.78 is 5.54. The third-order valence-electron chi connectivity index (χ3n) is 6.02. The Morgan fingerprint density at radius 2 is 1.80 bits per heavy atom. The van der Waals surface area contributed by atoms with Gasteiger partial charge in [0.15, 0.2) is 23.0 Å². The molecule has 0 aromatic heterocycles. The predicted octanol–water partition coefficient (Wildman–Crippen LogP) is 5.85. The molecule has 2 N–H and O–H groups in total. The number of hydrogen-bond donors (Lipinski definition) is 2. The first-order valence-corrected chi connectivity index (χ1v) is 11.7. The van der Waals surface area contributed by atoms with Gasteiger partial charge in [0, 0.05) is 17.1 Å². The van der Waals surface area contributed by atoms with Crippen LogP contribution in [0.5, 0.6) is 11.5 Å². The summed E-state index contributed by atoms with van der Waals surface area (Å²) in [6, 6.07) is 18.4. The van der Waals surface area contributed by atoms with Crippen LogP contribution in [0, 0.1) is 6.92 Å². The van der Waals surface area contributed by atoms with E-state index in [4.69, 9.17) is 16.3 Å². The second-order valence-corrected chi connectivity index (χ2v) is 8.78. The maximum Gasteiger partial charge on any atom is 0.294 e. The fourth-order valence-corrected chi connectivity index (χ4v) is 4.47. The number of phenols is 1. The molecular weight excluding hydrogens is 466 g/mol. The fourth-order valence-electron chi connectivity index (χ4n) is 4.31. The van der Waals surface area contributed by atoms with Crippen molar-refractivity contribution in [2.75, 3.05) is 11.5 Å². The molecule has 3 aromatic rings. The van der Waals surface area contributed by atoms with Crippen molar-refractivity contribution in [3.63, 3.8) is 0 Å². The number of ketones is 1. The average Bonchev–Trinajstić information content (AvgIpc) is 3.11. The summed E-state index contributed by atoms with van der Waals surface area (Å²) in [5, 5.41) is 21.6. The van der Waals surface area contributed by atoms with Crippen LogP contribution in [-0.4, -0.2) is 28.5 Å². The first-order chi connectivity index (χ1) is 16.8. The molecule has 1 heterocycles. The maximum absolute atomic E-state index is 13.5. The molecule has 0 radical (unpaired) electrons. The van der Waals surface area contributed by atoms with Gasteiger partial charge in [0.05, 0.1) is 18.2 Å². The first kappa shape index (κ1) is 24.4. The highest BCUT2D eigenvalue weighted by atomic mass is 35.5. The van der Waals surface area contributed by atoms with E-state index >= 15 is 0 Å². The second kappa shape index (κ2) is 10.2. The van der Waals surface area contributed by atoms with Gasteiger partial charge in [0.2, 0.25) is 0 Å². The topological polar surface area (TPSA) is 87.1 Å². The molecule has 1 unspecified atom stereocenters. The minimum absolute atomic E-state index is 0.0124. The van der Waals surface area contributed by atoms with E-state index in [0.29, 0.717) is 29.3 Å². The molecule has 0 saturated carbocycles. The molecule has 1 amide bonds. The minimum Gasteiger partial charge on any atom is -0.504 e. The molecule has 1 aliphatic rings. The van der Waals surface area contributed by atoms with Crippen LogP contribution in [0.1, 0.15) is 36.1 Å². The molecule has 180 valence electrons. The number of benzene rings is 3. The van der Waals surface area contributed by atoms with Gasteiger partial charge in [-0.2, -0.15) is 0 Å². The van der Waals surface area contributed by atoms with E-state index in [0.717, 1.165) is 11.1 Å². The number of hydrogen-bond acceptors (Lipinski definition) is 5. The molecule has 0 spiro atoms. The number of phenolic OH excluding ortho intramolecular Hbond substituents is 1. The van der Waals surface area contributed by atoms with Gasteiger partial charge in [-0.1, -0.05) is 54.1 Å². The Morgan fingerprint density at radius 3 is 2.51 bits per heavy atom. The summed E-state index contributed by atoms with van der Waals surface area (Å²) in [4.78, 5) is 28.2. The van der Waals surface area contributed by atoms with Gasteiger partial charge in [-0.25, -0.2) is 0 Å². The summed E-state index contributed by atoms with van der Waals surface area (Å²) in [5.41, 5.74) is 2.75. The number of nitrogens with zero attached hydrogens (tertiary/aromatic N) is 1. The number of aliphatic hydroxyl groups excluding tert-OH is 1. The Hall–Kier alpha value is -3.77. The maximum atomic E-state index is 13.5. The molecule has 0 aliphatic carbocycles. The number of aryl methyl sites for hydroxylation is 2. The van der Waals surface area contributed by atoms with Crippen LogP contribution >= 0.6 is 11.6 Å². The van der Waals surface area contributed by atoms with Crippen molar-refractivity contribution in [3.05, 3.63) is 99.8 Å². The third kappa shape index (κ3) is 4.88. The van der Waals surface area contributed by atoms with E-state index in [9.17, 15) is 19.8 Å². The van der Waals surface area contributed by atoms with Crippen LogP contribution in [0.15, 0.2) is 78.1 Å². The molecule has 1 atom stereocenters. The van der Waals surface area contributed by atoms with Crippen LogP contribution in [0.4, 0.5) is 5.69 Å². The largest absolute Gasteiger partial charge is 0.504 e. The van der Waals surface area contributed by atoms with Crippen LogP contribution < -0.4 is 9.64 Å². The molecule has 7 heteroatoms. The lowest BCUT2D eigenvalue weighted by atomic mass is 9.92. The number of aliphatic hydroxyl groups is 1. The molecule has 3 aromatic carbocycles. The fraction of sp³-hybridized carbons (Fsp3) is 0.214. The highest BCUT2D eigenvalue weighted by Gasteiger charge is 2.44. The SMILES string of the molecule is CCOc1cc(C2C(C(=O)CCc3ccccc3)=C(O)C(=O)N2c2cc(Cl)ccc2C)ccc1O. The van der Waals surface area contributed by atoms with Crippen molar-refractivity contribution >= 4 is 29.0 Å². The second-order valence-electron chi connectivity index (χ2n) is 8.34. The molecule has 0 fully saturated rings. The van der Waals surface area contributed by atoms with E-state index < -0.39 is 17.7 Å². The zero-order valence-corrected chi connectivity index (χ0v) is 20.2. The van der Waals surface area contributed by atoms with Gasteiger partial charge in [-0.15, -0.1) is 0 Å². The number of carbonyl (C=O) groups is 2. The number of carbonyl (C=O) groups excluding carboxylic acids is 2. The molecule has 0 bridgehead atoms. The molecule has 6 nitrogen and oxygen atoms in total. The molecule has 1 aliphatic heterocycles. The van der Waals surface area contributed by atoms with Gasteiger partial charge in [0.25, 0.3) is 5.91 Å². The van der Waals surface area contributed by atoms with Gasteiger partial charge in [-0.05, 0) is 61.2 Å². The van der Waals surface area contributed by atoms with E-state index in [1.807, 2.05) is 37.3 Å². The zero-order chi connectivity index (χ0) is 25.1. The number of aromatic hydroxyl groups is 1. The number of Topliss-reactive ketones (excluding diaryl/α,β-unsaturated/α-hetero) is 1. The highest BCUT2D eigenvalue weighted by Crippen LogP contribution is 2.44. The number of amides is 1. The van der Waals surface area contributed by atoms with Crippen LogP contribution in [0.2, 0.25) is 5.02 Å².